The minimum atomic E-state index is -0.114. The molecular weight excluding hydrogens is 238 g/mol. The van der Waals surface area contributed by atoms with Crippen molar-refractivity contribution in [1.29, 1.82) is 0 Å². The number of thiophene rings is 1. The Morgan fingerprint density at radius 1 is 1.22 bits per heavy atom. The molecule has 1 aliphatic carbocycles. The van der Waals surface area contributed by atoms with Crippen molar-refractivity contribution >= 4 is 11.3 Å². The van der Waals surface area contributed by atoms with Crippen LogP contribution in [0.15, 0.2) is 41.1 Å². The fourth-order valence-corrected chi connectivity index (χ4v) is 3.72. The van der Waals surface area contributed by atoms with Gasteiger partial charge in [0, 0.05) is 5.54 Å². The normalized spacial score (nSPS) is 22.7. The molecule has 0 aliphatic heterocycles. The van der Waals surface area contributed by atoms with Crippen LogP contribution in [-0.2, 0) is 18.4 Å². The molecular formula is C16H19NS. The smallest absolute Gasteiger partial charge is 0.0415 e. The molecule has 0 saturated carbocycles. The summed E-state index contributed by atoms with van der Waals surface area (Å²) in [6, 6.07) is 10.9. The molecule has 0 fully saturated rings. The molecule has 18 heavy (non-hydrogen) atoms. The molecule has 94 valence electrons. The number of hydrogen-bond acceptors (Lipinski definition) is 2. The highest BCUT2D eigenvalue weighted by Gasteiger charge is 2.31. The minimum Gasteiger partial charge on any atom is -0.321 e. The molecule has 1 atom stereocenters. The molecule has 3 rings (SSSR count). The lowest BCUT2D eigenvalue weighted by atomic mass is 9.74. The highest BCUT2D eigenvalue weighted by atomic mass is 32.1. The second-order valence-electron chi connectivity index (χ2n) is 5.30. The van der Waals surface area contributed by atoms with Gasteiger partial charge in [0.1, 0.15) is 0 Å². The van der Waals surface area contributed by atoms with Gasteiger partial charge in [-0.05, 0) is 65.6 Å². The molecule has 0 saturated heterocycles. The maximum Gasteiger partial charge on any atom is 0.0415 e. The number of rotatable bonds is 3. The summed E-state index contributed by atoms with van der Waals surface area (Å²) in [5.41, 5.74) is 10.8. The van der Waals surface area contributed by atoms with Crippen LogP contribution in [0.4, 0.5) is 0 Å². The highest BCUT2D eigenvalue weighted by Crippen LogP contribution is 2.36. The van der Waals surface area contributed by atoms with Gasteiger partial charge in [0.2, 0.25) is 0 Å². The zero-order valence-corrected chi connectivity index (χ0v) is 11.4. The fraction of sp³-hybridized carbons (Fsp3) is 0.375. The first-order valence-electron chi connectivity index (χ1n) is 6.66. The highest BCUT2D eigenvalue weighted by molar-refractivity contribution is 7.07. The van der Waals surface area contributed by atoms with Gasteiger partial charge in [-0.25, -0.2) is 0 Å². The van der Waals surface area contributed by atoms with E-state index in [0.29, 0.717) is 0 Å². The van der Waals surface area contributed by atoms with Crippen molar-refractivity contribution in [3.63, 3.8) is 0 Å². The average molecular weight is 257 g/mol. The van der Waals surface area contributed by atoms with E-state index in [1.807, 2.05) is 0 Å². The second kappa shape index (κ2) is 4.87. The predicted molar refractivity (Wildman–Crippen MR) is 77.9 cm³/mol. The standard InChI is InChI=1S/C16H19NS/c17-16(10-7-13-8-11-18-12-13)9-3-5-14-4-1-2-6-15(14)16/h1-2,4,6,8,11-12H,3,5,7,9-10,17H2. The van der Waals surface area contributed by atoms with Crippen LogP contribution in [-0.4, -0.2) is 0 Å². The van der Waals surface area contributed by atoms with E-state index in [1.54, 1.807) is 11.3 Å². The second-order valence-corrected chi connectivity index (χ2v) is 6.08. The number of fused-ring (bicyclic) bond motifs is 1. The molecule has 2 heteroatoms. The molecule has 2 aromatic rings. The Morgan fingerprint density at radius 2 is 2.11 bits per heavy atom. The Hall–Kier alpha value is -1.12. The zero-order chi connectivity index (χ0) is 12.4. The van der Waals surface area contributed by atoms with Gasteiger partial charge in [0.15, 0.2) is 0 Å². The van der Waals surface area contributed by atoms with Gasteiger partial charge in [-0.2, -0.15) is 11.3 Å². The molecule has 1 aliphatic rings. The third-order valence-electron chi connectivity index (χ3n) is 4.06. The van der Waals surface area contributed by atoms with Crippen LogP contribution in [0.5, 0.6) is 0 Å². The van der Waals surface area contributed by atoms with Gasteiger partial charge < -0.3 is 5.73 Å². The third-order valence-corrected chi connectivity index (χ3v) is 4.79. The first-order chi connectivity index (χ1) is 8.78. The monoisotopic (exact) mass is 257 g/mol. The lowest BCUT2D eigenvalue weighted by molar-refractivity contribution is 0.346. The summed E-state index contributed by atoms with van der Waals surface area (Å²) in [6.07, 6.45) is 5.67. The quantitative estimate of drug-likeness (QED) is 0.887. The first kappa shape index (κ1) is 11.9. The Kier molecular flexibility index (Phi) is 3.23. The van der Waals surface area contributed by atoms with Crippen molar-refractivity contribution in [3.05, 3.63) is 57.8 Å². The maximum absolute atomic E-state index is 6.69. The largest absolute Gasteiger partial charge is 0.321 e. The van der Waals surface area contributed by atoms with E-state index in [4.69, 9.17) is 5.73 Å². The molecule has 1 unspecified atom stereocenters. The van der Waals surface area contributed by atoms with Crippen molar-refractivity contribution in [1.82, 2.24) is 0 Å². The van der Waals surface area contributed by atoms with Crippen molar-refractivity contribution in [2.45, 2.75) is 37.6 Å². The third kappa shape index (κ3) is 2.23. The fourth-order valence-electron chi connectivity index (χ4n) is 3.01. The SMILES string of the molecule is NC1(CCc2ccsc2)CCCc2ccccc21. The van der Waals surface area contributed by atoms with Gasteiger partial charge in [0.05, 0.1) is 0 Å². The summed E-state index contributed by atoms with van der Waals surface area (Å²) < 4.78 is 0. The van der Waals surface area contributed by atoms with Crippen LogP contribution in [0.1, 0.15) is 36.0 Å². The predicted octanol–water partition coefficient (Wildman–Crippen LogP) is 3.87. The van der Waals surface area contributed by atoms with E-state index in [0.717, 1.165) is 19.3 Å². The van der Waals surface area contributed by atoms with Crippen molar-refractivity contribution in [3.8, 4) is 0 Å². The van der Waals surface area contributed by atoms with Crippen molar-refractivity contribution in [2.24, 2.45) is 5.73 Å². The van der Waals surface area contributed by atoms with E-state index < -0.39 is 0 Å². The van der Waals surface area contributed by atoms with E-state index in [1.165, 1.54) is 29.5 Å². The van der Waals surface area contributed by atoms with Gasteiger partial charge >= 0.3 is 0 Å². The Labute approximate surface area is 113 Å². The number of aryl methyl sites for hydroxylation is 2. The molecule has 1 aromatic heterocycles. The Morgan fingerprint density at radius 3 is 2.94 bits per heavy atom. The summed E-state index contributed by atoms with van der Waals surface area (Å²) in [7, 11) is 0. The van der Waals surface area contributed by atoms with E-state index in [9.17, 15) is 0 Å². The van der Waals surface area contributed by atoms with Crippen LogP contribution in [0.3, 0.4) is 0 Å². The lowest BCUT2D eigenvalue weighted by Gasteiger charge is -2.36. The van der Waals surface area contributed by atoms with Crippen LogP contribution in [0.2, 0.25) is 0 Å². The molecule has 1 aromatic carbocycles. The topological polar surface area (TPSA) is 26.0 Å². The van der Waals surface area contributed by atoms with E-state index in [-0.39, 0.29) is 5.54 Å². The van der Waals surface area contributed by atoms with Gasteiger partial charge in [0.25, 0.3) is 0 Å². The van der Waals surface area contributed by atoms with Crippen LogP contribution in [0.25, 0.3) is 0 Å². The maximum atomic E-state index is 6.69. The van der Waals surface area contributed by atoms with E-state index >= 15 is 0 Å². The minimum absolute atomic E-state index is 0.114. The molecule has 1 heterocycles. The van der Waals surface area contributed by atoms with Crippen LogP contribution >= 0.6 is 11.3 Å². The van der Waals surface area contributed by atoms with Crippen LogP contribution in [0, 0.1) is 0 Å². The van der Waals surface area contributed by atoms with Crippen LogP contribution < -0.4 is 5.73 Å². The van der Waals surface area contributed by atoms with Gasteiger partial charge in [-0.1, -0.05) is 24.3 Å². The molecule has 2 N–H and O–H groups in total. The Balaban J connectivity index is 1.82. The number of nitrogens with two attached hydrogens (primary N) is 1. The average Bonchev–Trinajstić information content (AvgIpc) is 2.90. The first-order valence-corrected chi connectivity index (χ1v) is 7.61. The lowest BCUT2D eigenvalue weighted by Crippen LogP contribution is -2.40. The molecule has 0 amide bonds. The number of hydrogen-bond donors (Lipinski definition) is 1. The number of benzene rings is 1. The van der Waals surface area contributed by atoms with Crippen molar-refractivity contribution < 1.29 is 0 Å². The molecule has 0 spiro atoms. The van der Waals surface area contributed by atoms with E-state index in [2.05, 4.69) is 41.1 Å². The summed E-state index contributed by atoms with van der Waals surface area (Å²) in [4.78, 5) is 0. The molecule has 1 nitrogen and oxygen atoms in total. The summed E-state index contributed by atoms with van der Waals surface area (Å²) >= 11 is 1.77. The molecule has 0 radical (unpaired) electrons. The summed E-state index contributed by atoms with van der Waals surface area (Å²) in [5, 5.41) is 4.38. The summed E-state index contributed by atoms with van der Waals surface area (Å²) in [5.74, 6) is 0. The summed E-state index contributed by atoms with van der Waals surface area (Å²) in [6.45, 7) is 0. The van der Waals surface area contributed by atoms with Gasteiger partial charge in [-0.15, -0.1) is 0 Å². The zero-order valence-electron chi connectivity index (χ0n) is 10.6. The van der Waals surface area contributed by atoms with Gasteiger partial charge in [-0.3, -0.25) is 0 Å². The molecule has 0 bridgehead atoms. The Bertz CT molecular complexity index is 518. The van der Waals surface area contributed by atoms with Crippen molar-refractivity contribution in [2.75, 3.05) is 0 Å².